The SMILES string of the molecule is CCN(CC1CCCCN1)C(=O)c1c(F)cccc1Br. The number of carbonyl (C=O) groups excluding carboxylic acids is 1. The van der Waals surface area contributed by atoms with Crippen LogP contribution in [0.4, 0.5) is 4.39 Å². The number of halogens is 2. The molecule has 0 radical (unpaired) electrons. The average Bonchev–Trinajstić information content (AvgIpc) is 2.45. The Morgan fingerprint density at radius 2 is 2.30 bits per heavy atom. The highest BCUT2D eigenvalue weighted by molar-refractivity contribution is 9.10. The molecule has 0 bridgehead atoms. The van der Waals surface area contributed by atoms with Crippen LogP contribution in [0.3, 0.4) is 0 Å². The van der Waals surface area contributed by atoms with Crippen LogP contribution >= 0.6 is 15.9 Å². The third kappa shape index (κ3) is 3.58. The zero-order valence-corrected chi connectivity index (χ0v) is 13.2. The Balaban J connectivity index is 2.12. The Labute approximate surface area is 127 Å². The molecule has 3 nitrogen and oxygen atoms in total. The summed E-state index contributed by atoms with van der Waals surface area (Å²) >= 11 is 3.27. The molecule has 1 aliphatic heterocycles. The summed E-state index contributed by atoms with van der Waals surface area (Å²) in [6.07, 6.45) is 3.45. The highest BCUT2D eigenvalue weighted by Crippen LogP contribution is 2.22. The van der Waals surface area contributed by atoms with E-state index in [1.807, 2.05) is 6.92 Å². The van der Waals surface area contributed by atoms with Gasteiger partial charge in [-0.05, 0) is 54.4 Å². The number of likely N-dealkylation sites (N-methyl/N-ethyl adjacent to an activating group) is 1. The van der Waals surface area contributed by atoms with Crippen molar-refractivity contribution in [3.05, 3.63) is 34.1 Å². The highest BCUT2D eigenvalue weighted by Gasteiger charge is 2.24. The predicted octanol–water partition coefficient (Wildman–Crippen LogP) is 3.19. The second-order valence-corrected chi connectivity index (χ2v) is 5.94. The molecule has 1 aromatic rings. The van der Waals surface area contributed by atoms with Gasteiger partial charge in [-0.3, -0.25) is 4.79 Å². The Kier molecular flexibility index (Phi) is 5.54. The van der Waals surface area contributed by atoms with Crippen molar-refractivity contribution in [2.75, 3.05) is 19.6 Å². The van der Waals surface area contributed by atoms with E-state index in [0.717, 1.165) is 13.0 Å². The molecule has 1 saturated heterocycles. The molecule has 110 valence electrons. The first-order valence-corrected chi connectivity index (χ1v) is 7.89. The molecule has 1 heterocycles. The van der Waals surface area contributed by atoms with Gasteiger partial charge in [-0.1, -0.05) is 12.5 Å². The zero-order valence-electron chi connectivity index (χ0n) is 11.7. The first-order chi connectivity index (χ1) is 9.63. The molecule has 0 aromatic heterocycles. The minimum Gasteiger partial charge on any atom is -0.337 e. The Bertz CT molecular complexity index is 455. The lowest BCUT2D eigenvalue weighted by atomic mass is 10.0. The maximum atomic E-state index is 13.9. The quantitative estimate of drug-likeness (QED) is 0.911. The number of carbonyl (C=O) groups is 1. The normalized spacial score (nSPS) is 18.9. The summed E-state index contributed by atoms with van der Waals surface area (Å²) < 4.78 is 14.4. The van der Waals surface area contributed by atoms with E-state index in [1.54, 1.807) is 17.0 Å². The summed E-state index contributed by atoms with van der Waals surface area (Å²) in [6.45, 7) is 4.14. The van der Waals surface area contributed by atoms with Crippen LogP contribution in [-0.4, -0.2) is 36.5 Å². The van der Waals surface area contributed by atoms with E-state index in [1.165, 1.54) is 18.9 Å². The molecule has 1 aromatic carbocycles. The van der Waals surface area contributed by atoms with Gasteiger partial charge in [-0.15, -0.1) is 0 Å². The van der Waals surface area contributed by atoms with Crippen LogP contribution in [0.25, 0.3) is 0 Å². The Morgan fingerprint density at radius 1 is 1.50 bits per heavy atom. The monoisotopic (exact) mass is 342 g/mol. The molecular formula is C15H20BrFN2O. The highest BCUT2D eigenvalue weighted by atomic mass is 79.9. The lowest BCUT2D eigenvalue weighted by Gasteiger charge is -2.30. The maximum Gasteiger partial charge on any atom is 0.258 e. The van der Waals surface area contributed by atoms with Crippen molar-refractivity contribution >= 4 is 21.8 Å². The van der Waals surface area contributed by atoms with Crippen LogP contribution < -0.4 is 5.32 Å². The van der Waals surface area contributed by atoms with Crippen LogP contribution in [0.2, 0.25) is 0 Å². The van der Waals surface area contributed by atoms with E-state index in [4.69, 9.17) is 0 Å². The third-order valence-corrected chi connectivity index (χ3v) is 4.36. The minimum atomic E-state index is -0.473. The van der Waals surface area contributed by atoms with Gasteiger partial charge in [0.15, 0.2) is 0 Å². The summed E-state index contributed by atoms with van der Waals surface area (Å²) in [7, 11) is 0. The molecule has 1 N–H and O–H groups in total. The molecule has 0 spiro atoms. The van der Waals surface area contributed by atoms with Gasteiger partial charge in [0, 0.05) is 23.6 Å². The smallest absolute Gasteiger partial charge is 0.258 e. The molecule has 1 unspecified atom stereocenters. The number of rotatable bonds is 4. The molecule has 1 fully saturated rings. The lowest BCUT2D eigenvalue weighted by Crippen LogP contribution is -2.46. The number of benzene rings is 1. The van der Waals surface area contributed by atoms with E-state index < -0.39 is 5.82 Å². The molecule has 5 heteroatoms. The fourth-order valence-electron chi connectivity index (χ4n) is 2.56. The summed E-state index contributed by atoms with van der Waals surface area (Å²) in [4.78, 5) is 14.2. The van der Waals surface area contributed by atoms with Gasteiger partial charge in [0.1, 0.15) is 5.82 Å². The molecule has 0 aliphatic carbocycles. The standard InChI is InChI=1S/C15H20BrFN2O/c1-2-19(10-11-6-3-4-9-18-11)15(20)14-12(16)7-5-8-13(14)17/h5,7-8,11,18H,2-4,6,9-10H2,1H3. The molecule has 1 aliphatic rings. The van der Waals surface area contributed by atoms with E-state index in [9.17, 15) is 9.18 Å². The maximum absolute atomic E-state index is 13.9. The van der Waals surface area contributed by atoms with Crippen molar-refractivity contribution in [3.63, 3.8) is 0 Å². The van der Waals surface area contributed by atoms with E-state index in [-0.39, 0.29) is 11.5 Å². The fourth-order valence-corrected chi connectivity index (χ4v) is 3.07. The number of amides is 1. The summed E-state index contributed by atoms with van der Waals surface area (Å²) in [5.74, 6) is -0.718. The number of hydrogen-bond acceptors (Lipinski definition) is 2. The van der Waals surface area contributed by atoms with Crippen LogP contribution in [0.5, 0.6) is 0 Å². The first kappa shape index (κ1) is 15.4. The zero-order chi connectivity index (χ0) is 14.5. The minimum absolute atomic E-state index is 0.130. The number of hydrogen-bond donors (Lipinski definition) is 1. The predicted molar refractivity (Wildman–Crippen MR) is 81.3 cm³/mol. The molecule has 1 amide bonds. The second-order valence-electron chi connectivity index (χ2n) is 5.09. The molecule has 0 saturated carbocycles. The summed E-state index contributed by atoms with van der Waals surface area (Å²) in [5, 5.41) is 3.42. The number of nitrogens with zero attached hydrogens (tertiary/aromatic N) is 1. The third-order valence-electron chi connectivity index (χ3n) is 3.70. The van der Waals surface area contributed by atoms with E-state index in [0.29, 0.717) is 23.6 Å². The van der Waals surface area contributed by atoms with Crippen LogP contribution in [-0.2, 0) is 0 Å². The van der Waals surface area contributed by atoms with Crippen molar-refractivity contribution in [2.24, 2.45) is 0 Å². The fraction of sp³-hybridized carbons (Fsp3) is 0.533. The van der Waals surface area contributed by atoms with Gasteiger partial charge in [0.25, 0.3) is 5.91 Å². The first-order valence-electron chi connectivity index (χ1n) is 7.10. The Morgan fingerprint density at radius 3 is 2.90 bits per heavy atom. The van der Waals surface area contributed by atoms with Crippen LogP contribution in [0.1, 0.15) is 36.5 Å². The largest absolute Gasteiger partial charge is 0.337 e. The van der Waals surface area contributed by atoms with Gasteiger partial charge in [-0.2, -0.15) is 0 Å². The van der Waals surface area contributed by atoms with E-state index in [2.05, 4.69) is 21.2 Å². The molecule has 1 atom stereocenters. The summed E-state index contributed by atoms with van der Waals surface area (Å²) in [5.41, 5.74) is 0.130. The van der Waals surface area contributed by atoms with Crippen molar-refractivity contribution < 1.29 is 9.18 Å². The van der Waals surface area contributed by atoms with E-state index >= 15 is 0 Å². The van der Waals surface area contributed by atoms with Crippen molar-refractivity contribution in [1.82, 2.24) is 10.2 Å². The topological polar surface area (TPSA) is 32.3 Å². The van der Waals surface area contributed by atoms with Gasteiger partial charge >= 0.3 is 0 Å². The van der Waals surface area contributed by atoms with Gasteiger partial charge < -0.3 is 10.2 Å². The number of piperidine rings is 1. The number of nitrogens with one attached hydrogen (secondary N) is 1. The van der Waals surface area contributed by atoms with Crippen molar-refractivity contribution in [3.8, 4) is 0 Å². The van der Waals surface area contributed by atoms with Gasteiger partial charge in [-0.25, -0.2) is 4.39 Å². The van der Waals surface area contributed by atoms with Crippen molar-refractivity contribution in [1.29, 1.82) is 0 Å². The molecule has 20 heavy (non-hydrogen) atoms. The Hall–Kier alpha value is -0.940. The average molecular weight is 343 g/mol. The van der Waals surface area contributed by atoms with Crippen molar-refractivity contribution in [2.45, 2.75) is 32.2 Å². The molecular weight excluding hydrogens is 323 g/mol. The van der Waals surface area contributed by atoms with Crippen LogP contribution in [0, 0.1) is 5.82 Å². The summed E-state index contributed by atoms with van der Waals surface area (Å²) in [6, 6.07) is 4.93. The van der Waals surface area contributed by atoms with Gasteiger partial charge in [0.05, 0.1) is 5.56 Å². The molecule has 2 rings (SSSR count). The van der Waals surface area contributed by atoms with Crippen LogP contribution in [0.15, 0.2) is 22.7 Å². The van der Waals surface area contributed by atoms with Gasteiger partial charge in [0.2, 0.25) is 0 Å². The lowest BCUT2D eigenvalue weighted by molar-refractivity contribution is 0.0736. The second kappa shape index (κ2) is 7.18.